The molecule has 3 aromatic rings. The van der Waals surface area contributed by atoms with Crippen LogP contribution in [0, 0.1) is 0 Å². The fourth-order valence-corrected chi connectivity index (χ4v) is 4.23. The first-order valence-corrected chi connectivity index (χ1v) is 8.58. The molecule has 0 aromatic carbocycles. The lowest BCUT2D eigenvalue weighted by Gasteiger charge is -2.12. The molecule has 0 amide bonds. The first-order valence-electron chi connectivity index (χ1n) is 7.76. The van der Waals surface area contributed by atoms with E-state index in [-0.39, 0.29) is 6.54 Å². The van der Waals surface area contributed by atoms with Gasteiger partial charge >= 0.3 is 5.97 Å². The number of anilines is 1. The summed E-state index contributed by atoms with van der Waals surface area (Å²) in [6, 6.07) is 0. The van der Waals surface area contributed by atoms with E-state index in [1.165, 1.54) is 16.9 Å². The molecule has 24 heavy (non-hydrogen) atoms. The highest BCUT2D eigenvalue weighted by Gasteiger charge is 2.22. The van der Waals surface area contributed by atoms with Crippen molar-refractivity contribution in [1.29, 1.82) is 0 Å². The van der Waals surface area contributed by atoms with Gasteiger partial charge in [-0.2, -0.15) is 0 Å². The Morgan fingerprint density at radius 1 is 1.25 bits per heavy atom. The number of carboxylic acid groups (broad SMARTS) is 1. The highest BCUT2D eigenvalue weighted by atomic mass is 32.1. The summed E-state index contributed by atoms with van der Waals surface area (Å²) in [5.74, 6) is 0.108. The fourth-order valence-electron chi connectivity index (χ4n) is 2.97. The first kappa shape index (κ1) is 14.9. The van der Waals surface area contributed by atoms with E-state index >= 15 is 0 Å². The Labute approximate surface area is 141 Å². The van der Waals surface area contributed by atoms with E-state index in [4.69, 9.17) is 5.11 Å². The van der Waals surface area contributed by atoms with Crippen LogP contribution >= 0.6 is 11.3 Å². The van der Waals surface area contributed by atoms with Crippen LogP contribution in [0.3, 0.4) is 0 Å². The highest BCUT2D eigenvalue weighted by Crippen LogP contribution is 2.39. The summed E-state index contributed by atoms with van der Waals surface area (Å²) in [6.07, 6.45) is 9.16. The van der Waals surface area contributed by atoms with Crippen LogP contribution in [0.1, 0.15) is 23.3 Å². The number of rotatable bonds is 4. The van der Waals surface area contributed by atoms with E-state index in [0.29, 0.717) is 17.3 Å². The Bertz CT molecular complexity index is 910. The van der Waals surface area contributed by atoms with E-state index in [2.05, 4.69) is 25.3 Å². The molecule has 0 spiro atoms. The van der Waals surface area contributed by atoms with Gasteiger partial charge in [-0.15, -0.1) is 11.3 Å². The Morgan fingerprint density at radius 3 is 2.92 bits per heavy atom. The largest absolute Gasteiger partial charge is 0.480 e. The molecular weight excluding hydrogens is 326 g/mol. The zero-order valence-corrected chi connectivity index (χ0v) is 13.6. The Kier molecular flexibility index (Phi) is 3.81. The van der Waals surface area contributed by atoms with Crippen LogP contribution < -0.4 is 5.32 Å². The molecule has 8 heteroatoms. The first-order chi connectivity index (χ1) is 11.7. The molecule has 4 rings (SSSR count). The number of aromatic nitrogens is 4. The van der Waals surface area contributed by atoms with Gasteiger partial charge in [-0.05, 0) is 31.2 Å². The van der Waals surface area contributed by atoms with Crippen molar-refractivity contribution in [2.45, 2.75) is 25.7 Å². The number of fused-ring (bicyclic) bond motifs is 3. The molecule has 0 fully saturated rings. The third-order valence-corrected chi connectivity index (χ3v) is 5.20. The van der Waals surface area contributed by atoms with Crippen LogP contribution in [0.2, 0.25) is 0 Å². The highest BCUT2D eigenvalue weighted by molar-refractivity contribution is 7.19. The van der Waals surface area contributed by atoms with Crippen molar-refractivity contribution in [2.24, 2.45) is 0 Å². The van der Waals surface area contributed by atoms with E-state index in [9.17, 15) is 4.79 Å². The number of hydrogen-bond acceptors (Lipinski definition) is 7. The summed E-state index contributed by atoms with van der Waals surface area (Å²) < 4.78 is 0. The quantitative estimate of drug-likeness (QED) is 0.752. The summed E-state index contributed by atoms with van der Waals surface area (Å²) in [5, 5.41) is 12.9. The number of thiophene rings is 1. The average Bonchev–Trinajstić information content (AvgIpc) is 2.99. The van der Waals surface area contributed by atoms with Gasteiger partial charge in [-0.3, -0.25) is 9.78 Å². The lowest BCUT2D eigenvalue weighted by Crippen LogP contribution is -2.14. The molecule has 7 nitrogen and oxygen atoms in total. The van der Waals surface area contributed by atoms with Gasteiger partial charge in [0.2, 0.25) is 0 Å². The van der Waals surface area contributed by atoms with Gasteiger partial charge in [-0.1, -0.05) is 0 Å². The third-order valence-electron chi connectivity index (χ3n) is 4.01. The zero-order chi connectivity index (χ0) is 16.5. The zero-order valence-electron chi connectivity index (χ0n) is 12.8. The monoisotopic (exact) mass is 341 g/mol. The molecule has 0 bridgehead atoms. The van der Waals surface area contributed by atoms with Crippen LogP contribution in [0.4, 0.5) is 5.82 Å². The lowest BCUT2D eigenvalue weighted by molar-refractivity contribution is -0.134. The van der Waals surface area contributed by atoms with Gasteiger partial charge in [0.05, 0.1) is 11.6 Å². The van der Waals surface area contributed by atoms with Crippen molar-refractivity contribution in [1.82, 2.24) is 19.9 Å². The summed E-state index contributed by atoms with van der Waals surface area (Å²) in [6.45, 7) is -0.184. The number of aliphatic carboxylic acids is 1. The number of aryl methyl sites for hydroxylation is 2. The van der Waals surface area contributed by atoms with Gasteiger partial charge < -0.3 is 10.4 Å². The Hall–Kier alpha value is -2.61. The van der Waals surface area contributed by atoms with Gasteiger partial charge in [0.25, 0.3) is 0 Å². The molecule has 3 aromatic heterocycles. The lowest BCUT2D eigenvalue weighted by atomic mass is 9.97. The molecule has 3 heterocycles. The van der Waals surface area contributed by atoms with Crippen molar-refractivity contribution < 1.29 is 9.90 Å². The van der Waals surface area contributed by atoms with Gasteiger partial charge in [-0.25, -0.2) is 15.0 Å². The van der Waals surface area contributed by atoms with Gasteiger partial charge in [0.1, 0.15) is 22.9 Å². The molecule has 122 valence electrons. The predicted molar refractivity (Wildman–Crippen MR) is 91.2 cm³/mol. The summed E-state index contributed by atoms with van der Waals surface area (Å²) >= 11 is 1.67. The Morgan fingerprint density at radius 2 is 2.12 bits per heavy atom. The van der Waals surface area contributed by atoms with Crippen LogP contribution in [0.15, 0.2) is 18.6 Å². The topological polar surface area (TPSA) is 101 Å². The summed E-state index contributed by atoms with van der Waals surface area (Å²) in [7, 11) is 0. The van der Waals surface area contributed by atoms with Crippen molar-refractivity contribution in [3.05, 3.63) is 29.0 Å². The number of nitrogens with one attached hydrogen (secondary N) is 1. The number of carbonyl (C=O) groups is 1. The smallest absolute Gasteiger partial charge is 0.322 e. The maximum Gasteiger partial charge on any atom is 0.322 e. The maximum atomic E-state index is 11.0. The number of hydrogen-bond donors (Lipinski definition) is 2. The van der Waals surface area contributed by atoms with E-state index < -0.39 is 5.97 Å². The van der Waals surface area contributed by atoms with Crippen molar-refractivity contribution >= 4 is 33.3 Å². The minimum atomic E-state index is -0.924. The van der Waals surface area contributed by atoms with Crippen LogP contribution in [-0.4, -0.2) is 37.6 Å². The number of carboxylic acids is 1. The maximum absolute atomic E-state index is 11.0. The summed E-state index contributed by atoms with van der Waals surface area (Å²) in [4.78, 5) is 30.7. The average molecular weight is 341 g/mol. The second-order valence-corrected chi connectivity index (χ2v) is 6.71. The standard InChI is InChI=1S/C16H15N5O2S/c22-12(23)8-19-15-13-9-3-1-2-4-11(9)24-16(13)21-14(20-15)10-7-17-5-6-18-10/h5-7H,1-4,8H2,(H,22,23)(H,19,20,21). The minimum Gasteiger partial charge on any atom is -0.480 e. The molecule has 0 aliphatic heterocycles. The second kappa shape index (κ2) is 6.12. The summed E-state index contributed by atoms with van der Waals surface area (Å²) in [5.41, 5.74) is 1.84. The van der Waals surface area contributed by atoms with Crippen LogP contribution in [-0.2, 0) is 17.6 Å². The molecule has 1 aliphatic rings. The van der Waals surface area contributed by atoms with Crippen molar-refractivity contribution in [3.8, 4) is 11.5 Å². The number of nitrogens with zero attached hydrogens (tertiary/aromatic N) is 4. The van der Waals surface area contributed by atoms with Crippen LogP contribution in [0.25, 0.3) is 21.7 Å². The normalized spacial score (nSPS) is 13.7. The molecule has 0 radical (unpaired) electrons. The molecule has 2 N–H and O–H groups in total. The van der Waals surface area contributed by atoms with Crippen molar-refractivity contribution in [3.63, 3.8) is 0 Å². The molecule has 1 aliphatic carbocycles. The van der Waals surface area contributed by atoms with Gasteiger partial charge in [0.15, 0.2) is 5.82 Å². The molecule has 0 saturated heterocycles. The second-order valence-electron chi connectivity index (χ2n) is 5.62. The SMILES string of the molecule is O=C(O)CNc1nc(-c2cnccn2)nc2sc3c(c12)CCCC3. The van der Waals surface area contributed by atoms with E-state index in [1.807, 2.05) is 0 Å². The van der Waals surface area contributed by atoms with Crippen LogP contribution in [0.5, 0.6) is 0 Å². The molecule has 0 atom stereocenters. The van der Waals surface area contributed by atoms with Crippen molar-refractivity contribution in [2.75, 3.05) is 11.9 Å². The predicted octanol–water partition coefficient (Wildman–Crippen LogP) is 2.52. The third kappa shape index (κ3) is 2.69. The molecule has 0 saturated carbocycles. The van der Waals surface area contributed by atoms with E-state index in [0.717, 1.165) is 29.5 Å². The molecular formula is C16H15N5O2S. The fraction of sp³-hybridized carbons (Fsp3) is 0.312. The van der Waals surface area contributed by atoms with Gasteiger partial charge in [0, 0.05) is 17.3 Å². The molecule has 0 unspecified atom stereocenters. The van der Waals surface area contributed by atoms with E-state index in [1.54, 1.807) is 29.9 Å². The Balaban J connectivity index is 1.89. The minimum absolute atomic E-state index is 0.184.